The topological polar surface area (TPSA) is 75.7 Å². The normalized spacial score (nSPS) is 11.2. The van der Waals surface area contributed by atoms with Gasteiger partial charge in [0.2, 0.25) is 0 Å². The molecule has 174 valence electrons. The Morgan fingerprint density at radius 2 is 1.61 bits per heavy atom. The second-order valence-corrected chi connectivity index (χ2v) is 9.64. The number of nitrogens with one attached hydrogen (secondary N) is 1. The van der Waals surface area contributed by atoms with Gasteiger partial charge in [0, 0.05) is 12.2 Å². The van der Waals surface area contributed by atoms with Crippen molar-refractivity contribution in [3.05, 3.63) is 83.4 Å². The number of aryl methyl sites for hydroxylation is 3. The standard InChI is InChI=1S/C26H30N2O4S/c1-5-21-9-7-8-20(4)26(21)27-25(29)18-32-23-14-12-22(13-15-23)28(6-2)33(30,31)24-16-10-19(3)11-17-24/h7-17H,5-6,18H2,1-4H3,(H,27,29). The second-order valence-electron chi connectivity index (χ2n) is 7.78. The van der Waals surface area contributed by atoms with Gasteiger partial charge in [-0.3, -0.25) is 9.10 Å². The number of anilines is 2. The van der Waals surface area contributed by atoms with E-state index in [2.05, 4.69) is 5.32 Å². The van der Waals surface area contributed by atoms with Crippen LogP contribution in [0.5, 0.6) is 5.75 Å². The lowest BCUT2D eigenvalue weighted by Crippen LogP contribution is -2.30. The fourth-order valence-corrected chi connectivity index (χ4v) is 5.04. The summed E-state index contributed by atoms with van der Waals surface area (Å²) in [6, 6.07) is 19.4. The molecule has 0 aliphatic carbocycles. The largest absolute Gasteiger partial charge is 0.484 e. The van der Waals surface area contributed by atoms with Gasteiger partial charge in [-0.2, -0.15) is 0 Å². The highest BCUT2D eigenvalue weighted by atomic mass is 32.2. The number of carbonyl (C=O) groups excluding carboxylic acids is 1. The first-order valence-electron chi connectivity index (χ1n) is 11.0. The molecule has 0 unspecified atom stereocenters. The number of hydrogen-bond acceptors (Lipinski definition) is 4. The zero-order chi connectivity index (χ0) is 24.0. The van der Waals surface area contributed by atoms with Crippen LogP contribution in [0.4, 0.5) is 11.4 Å². The Morgan fingerprint density at radius 1 is 0.939 bits per heavy atom. The first kappa shape index (κ1) is 24.3. The fourth-order valence-electron chi connectivity index (χ4n) is 3.56. The van der Waals surface area contributed by atoms with Crippen molar-refractivity contribution >= 4 is 27.3 Å². The highest BCUT2D eigenvalue weighted by Gasteiger charge is 2.23. The summed E-state index contributed by atoms with van der Waals surface area (Å²) in [6.07, 6.45) is 0.818. The molecule has 0 aliphatic rings. The molecule has 0 aromatic heterocycles. The van der Waals surface area contributed by atoms with E-state index < -0.39 is 10.0 Å². The van der Waals surface area contributed by atoms with Crippen molar-refractivity contribution in [3.8, 4) is 5.75 Å². The quantitative estimate of drug-likeness (QED) is 0.476. The van der Waals surface area contributed by atoms with Crippen LogP contribution in [0.2, 0.25) is 0 Å². The first-order chi connectivity index (χ1) is 15.8. The van der Waals surface area contributed by atoms with Crippen molar-refractivity contribution in [1.29, 1.82) is 0 Å². The van der Waals surface area contributed by atoms with Crippen LogP contribution in [-0.2, 0) is 21.2 Å². The van der Waals surface area contributed by atoms with E-state index in [9.17, 15) is 13.2 Å². The van der Waals surface area contributed by atoms with E-state index in [-0.39, 0.29) is 24.0 Å². The van der Waals surface area contributed by atoms with Crippen molar-refractivity contribution in [2.75, 3.05) is 22.8 Å². The molecular formula is C26H30N2O4S. The maximum atomic E-state index is 13.1. The van der Waals surface area contributed by atoms with Crippen molar-refractivity contribution in [2.45, 2.75) is 39.0 Å². The summed E-state index contributed by atoms with van der Waals surface area (Å²) in [7, 11) is -3.68. The predicted octanol–water partition coefficient (Wildman–Crippen LogP) is 5.10. The number of amides is 1. The summed E-state index contributed by atoms with van der Waals surface area (Å²) in [5.41, 5.74) is 4.42. The average Bonchev–Trinajstić information content (AvgIpc) is 2.80. The molecule has 0 heterocycles. The molecule has 3 rings (SSSR count). The number of benzene rings is 3. The Hall–Kier alpha value is -3.32. The third-order valence-corrected chi connectivity index (χ3v) is 7.31. The summed E-state index contributed by atoms with van der Waals surface area (Å²) < 4.78 is 33.1. The Kier molecular flexibility index (Phi) is 7.76. The van der Waals surface area contributed by atoms with Crippen LogP contribution in [0.15, 0.2) is 71.6 Å². The molecule has 7 heteroatoms. The van der Waals surface area contributed by atoms with Crippen LogP contribution < -0.4 is 14.4 Å². The molecule has 0 atom stereocenters. The van der Waals surface area contributed by atoms with Gasteiger partial charge in [-0.05, 0) is 74.7 Å². The minimum absolute atomic E-state index is 0.143. The van der Waals surface area contributed by atoms with Crippen molar-refractivity contribution in [2.24, 2.45) is 0 Å². The molecule has 0 bridgehead atoms. The van der Waals surface area contributed by atoms with Gasteiger partial charge in [0.1, 0.15) is 5.75 Å². The van der Waals surface area contributed by atoms with Gasteiger partial charge in [-0.1, -0.05) is 42.8 Å². The van der Waals surface area contributed by atoms with E-state index in [1.165, 1.54) is 4.31 Å². The third-order valence-electron chi connectivity index (χ3n) is 5.40. The number of sulfonamides is 1. The summed E-state index contributed by atoms with van der Waals surface area (Å²) in [5.74, 6) is 0.235. The molecule has 0 saturated heterocycles. The number of ether oxygens (including phenoxy) is 1. The third kappa shape index (κ3) is 5.73. The van der Waals surface area contributed by atoms with Gasteiger partial charge in [0.05, 0.1) is 10.6 Å². The number of carbonyl (C=O) groups is 1. The lowest BCUT2D eigenvalue weighted by Gasteiger charge is -2.23. The number of hydrogen-bond donors (Lipinski definition) is 1. The highest BCUT2D eigenvalue weighted by molar-refractivity contribution is 7.92. The molecular weight excluding hydrogens is 436 g/mol. The van der Waals surface area contributed by atoms with E-state index in [1.54, 1.807) is 55.5 Å². The summed E-state index contributed by atoms with van der Waals surface area (Å²) in [6.45, 7) is 7.85. The van der Waals surface area contributed by atoms with Crippen molar-refractivity contribution in [1.82, 2.24) is 0 Å². The zero-order valence-corrected chi connectivity index (χ0v) is 20.3. The number of para-hydroxylation sites is 1. The van der Waals surface area contributed by atoms with Crippen LogP contribution in [0, 0.1) is 13.8 Å². The van der Waals surface area contributed by atoms with Crippen molar-refractivity contribution in [3.63, 3.8) is 0 Å². The molecule has 0 aliphatic heterocycles. The Bertz CT molecular complexity index is 1200. The van der Waals surface area contributed by atoms with Gasteiger partial charge in [-0.25, -0.2) is 8.42 Å². The molecule has 33 heavy (non-hydrogen) atoms. The highest BCUT2D eigenvalue weighted by Crippen LogP contribution is 2.26. The maximum absolute atomic E-state index is 13.1. The number of rotatable bonds is 9. The monoisotopic (exact) mass is 466 g/mol. The predicted molar refractivity (Wildman–Crippen MR) is 133 cm³/mol. The van der Waals surface area contributed by atoms with Gasteiger partial charge in [-0.15, -0.1) is 0 Å². The van der Waals surface area contributed by atoms with Crippen LogP contribution in [-0.4, -0.2) is 27.5 Å². The molecule has 0 fully saturated rings. The van der Waals surface area contributed by atoms with E-state index >= 15 is 0 Å². The van der Waals surface area contributed by atoms with Gasteiger partial charge in [0.25, 0.3) is 15.9 Å². The number of nitrogens with zero attached hydrogens (tertiary/aromatic N) is 1. The van der Waals surface area contributed by atoms with Crippen LogP contribution in [0.1, 0.15) is 30.5 Å². The smallest absolute Gasteiger partial charge is 0.264 e. The zero-order valence-electron chi connectivity index (χ0n) is 19.5. The van der Waals surface area contributed by atoms with Crippen molar-refractivity contribution < 1.29 is 17.9 Å². The van der Waals surface area contributed by atoms with E-state index in [0.717, 1.165) is 28.8 Å². The van der Waals surface area contributed by atoms with Gasteiger partial charge < -0.3 is 10.1 Å². The summed E-state index contributed by atoms with van der Waals surface area (Å²) >= 11 is 0. The molecule has 1 N–H and O–H groups in total. The molecule has 3 aromatic rings. The average molecular weight is 467 g/mol. The molecule has 3 aromatic carbocycles. The van der Waals surface area contributed by atoms with E-state index in [1.807, 2.05) is 39.0 Å². The summed E-state index contributed by atoms with van der Waals surface area (Å²) in [5, 5.41) is 2.93. The maximum Gasteiger partial charge on any atom is 0.264 e. The Balaban J connectivity index is 1.67. The lowest BCUT2D eigenvalue weighted by atomic mass is 10.1. The SMILES string of the molecule is CCc1cccc(C)c1NC(=O)COc1ccc(N(CC)S(=O)(=O)c2ccc(C)cc2)cc1. The molecule has 0 spiro atoms. The Morgan fingerprint density at radius 3 is 2.21 bits per heavy atom. The van der Waals surface area contributed by atoms with Gasteiger partial charge >= 0.3 is 0 Å². The minimum Gasteiger partial charge on any atom is -0.484 e. The second kappa shape index (κ2) is 10.5. The van der Waals surface area contributed by atoms with E-state index in [0.29, 0.717) is 11.4 Å². The molecule has 0 saturated carbocycles. The fraction of sp³-hybridized carbons (Fsp3) is 0.269. The molecule has 0 radical (unpaired) electrons. The van der Waals surface area contributed by atoms with Crippen LogP contribution >= 0.6 is 0 Å². The Labute approximate surface area is 196 Å². The molecule has 6 nitrogen and oxygen atoms in total. The molecule has 1 amide bonds. The first-order valence-corrected chi connectivity index (χ1v) is 12.4. The van der Waals surface area contributed by atoms with Crippen LogP contribution in [0.3, 0.4) is 0 Å². The lowest BCUT2D eigenvalue weighted by molar-refractivity contribution is -0.118. The van der Waals surface area contributed by atoms with Gasteiger partial charge in [0.15, 0.2) is 6.61 Å². The summed E-state index contributed by atoms with van der Waals surface area (Å²) in [4.78, 5) is 12.7. The van der Waals surface area contributed by atoms with Crippen LogP contribution in [0.25, 0.3) is 0 Å². The minimum atomic E-state index is -3.68. The van der Waals surface area contributed by atoms with E-state index in [4.69, 9.17) is 4.74 Å².